The first-order valence-electron chi connectivity index (χ1n) is 6.64. The van der Waals surface area contributed by atoms with Crippen molar-refractivity contribution in [2.24, 2.45) is 5.92 Å². The minimum Gasteiger partial charge on any atom is -0.505 e. The molecule has 0 aliphatic carbocycles. The predicted molar refractivity (Wildman–Crippen MR) is 82.2 cm³/mol. The van der Waals surface area contributed by atoms with E-state index in [4.69, 9.17) is 9.16 Å². The van der Waals surface area contributed by atoms with Gasteiger partial charge in [0.25, 0.3) is 0 Å². The molecule has 0 fully saturated rings. The van der Waals surface area contributed by atoms with Crippen LogP contribution < -0.4 is 0 Å². The summed E-state index contributed by atoms with van der Waals surface area (Å²) in [6, 6.07) is 0. The monoisotopic (exact) mass is 270 g/mol. The Morgan fingerprint density at radius 1 is 1.28 bits per heavy atom. The molecule has 0 rings (SSSR count). The van der Waals surface area contributed by atoms with Crippen molar-refractivity contribution in [1.29, 1.82) is 0 Å². The Labute approximate surface area is 114 Å². The summed E-state index contributed by atoms with van der Waals surface area (Å²) >= 11 is 0. The van der Waals surface area contributed by atoms with Gasteiger partial charge in [0.2, 0.25) is 0 Å². The van der Waals surface area contributed by atoms with Crippen molar-refractivity contribution in [3.8, 4) is 0 Å². The highest BCUT2D eigenvalue weighted by molar-refractivity contribution is 6.74. The van der Waals surface area contributed by atoms with Crippen LogP contribution in [0.4, 0.5) is 0 Å². The van der Waals surface area contributed by atoms with E-state index in [0.717, 1.165) is 6.42 Å². The van der Waals surface area contributed by atoms with Gasteiger partial charge in [0, 0.05) is 0 Å². The molecule has 0 unspecified atom stereocenters. The summed E-state index contributed by atoms with van der Waals surface area (Å²) in [5.41, 5.74) is 0. The third-order valence-corrected chi connectivity index (χ3v) is 8.21. The number of hydrogen-bond donors (Lipinski definition) is 0. The number of allylic oxidation sites excluding steroid dienone is 1. The molecule has 0 N–H and O–H groups in total. The molecule has 0 heterocycles. The van der Waals surface area contributed by atoms with Gasteiger partial charge in [-0.2, -0.15) is 0 Å². The highest BCUT2D eigenvalue weighted by Gasteiger charge is 2.39. The van der Waals surface area contributed by atoms with Crippen LogP contribution in [-0.4, -0.2) is 21.5 Å². The standard InChI is InChI=1S/C15H30O2Si/c1-9-10-13(2)14(11-12-16-6)17-18(7,8)15(3,4)5/h9,11-14H,1,10H2,2-8H3/b12-11+/t13-,14+/m1/s1. The predicted octanol–water partition coefficient (Wildman–Crippen LogP) is 4.75. The first-order valence-corrected chi connectivity index (χ1v) is 9.54. The maximum Gasteiger partial charge on any atom is 0.192 e. The Morgan fingerprint density at radius 3 is 2.22 bits per heavy atom. The van der Waals surface area contributed by atoms with E-state index in [9.17, 15) is 0 Å². The first-order chi connectivity index (χ1) is 8.15. The lowest BCUT2D eigenvalue weighted by Gasteiger charge is -2.40. The fourth-order valence-corrected chi connectivity index (χ4v) is 2.76. The lowest BCUT2D eigenvalue weighted by atomic mass is 10.0. The molecule has 0 aliphatic heterocycles. The molecule has 106 valence electrons. The summed E-state index contributed by atoms with van der Waals surface area (Å²) in [4.78, 5) is 0. The van der Waals surface area contributed by atoms with Gasteiger partial charge in [0.15, 0.2) is 8.32 Å². The van der Waals surface area contributed by atoms with Crippen LogP contribution in [0, 0.1) is 5.92 Å². The molecular formula is C15H30O2Si. The van der Waals surface area contributed by atoms with Crippen LogP contribution in [0.5, 0.6) is 0 Å². The van der Waals surface area contributed by atoms with E-state index >= 15 is 0 Å². The molecule has 0 spiro atoms. The van der Waals surface area contributed by atoms with Crippen molar-refractivity contribution in [3.05, 3.63) is 25.0 Å². The largest absolute Gasteiger partial charge is 0.505 e. The lowest BCUT2D eigenvalue weighted by Crippen LogP contribution is -2.45. The van der Waals surface area contributed by atoms with Crippen LogP contribution in [0.2, 0.25) is 18.1 Å². The third-order valence-electron chi connectivity index (χ3n) is 3.74. The Kier molecular flexibility index (Phi) is 6.93. The van der Waals surface area contributed by atoms with E-state index in [1.165, 1.54) is 0 Å². The average molecular weight is 270 g/mol. The molecule has 0 aromatic rings. The van der Waals surface area contributed by atoms with E-state index < -0.39 is 8.32 Å². The van der Waals surface area contributed by atoms with Crippen molar-refractivity contribution in [1.82, 2.24) is 0 Å². The number of rotatable bonds is 7. The second-order valence-electron chi connectivity index (χ2n) is 6.41. The Balaban J connectivity index is 4.88. The van der Waals surface area contributed by atoms with E-state index in [0.29, 0.717) is 5.92 Å². The van der Waals surface area contributed by atoms with Crippen molar-refractivity contribution in [2.45, 2.75) is 58.4 Å². The van der Waals surface area contributed by atoms with Crippen LogP contribution in [0.3, 0.4) is 0 Å². The quantitative estimate of drug-likeness (QED) is 0.377. The van der Waals surface area contributed by atoms with E-state index in [2.05, 4.69) is 47.4 Å². The van der Waals surface area contributed by atoms with Gasteiger partial charge in [0.1, 0.15) is 0 Å². The molecule has 0 amide bonds. The molecule has 0 radical (unpaired) electrons. The molecular weight excluding hydrogens is 240 g/mol. The molecule has 0 aromatic heterocycles. The van der Waals surface area contributed by atoms with Crippen LogP contribution in [0.25, 0.3) is 0 Å². The van der Waals surface area contributed by atoms with E-state index in [1.807, 2.05) is 12.2 Å². The van der Waals surface area contributed by atoms with Gasteiger partial charge in [-0.05, 0) is 36.5 Å². The van der Waals surface area contributed by atoms with Crippen LogP contribution in [-0.2, 0) is 9.16 Å². The molecule has 0 aliphatic rings. The van der Waals surface area contributed by atoms with Crippen molar-refractivity contribution in [2.75, 3.05) is 7.11 Å². The summed E-state index contributed by atoms with van der Waals surface area (Å²) < 4.78 is 11.5. The second-order valence-corrected chi connectivity index (χ2v) is 11.2. The van der Waals surface area contributed by atoms with Crippen LogP contribution in [0.1, 0.15) is 34.1 Å². The summed E-state index contributed by atoms with van der Waals surface area (Å²) in [6.45, 7) is 17.3. The molecule has 0 saturated heterocycles. The smallest absolute Gasteiger partial charge is 0.192 e. The summed E-state index contributed by atoms with van der Waals surface area (Å²) in [5.74, 6) is 0.419. The molecule has 0 saturated carbocycles. The third kappa shape index (κ3) is 5.40. The molecule has 0 bridgehead atoms. The normalized spacial score (nSPS) is 16.6. The van der Waals surface area contributed by atoms with E-state index in [1.54, 1.807) is 13.4 Å². The Hall–Kier alpha value is -0.543. The molecule has 2 nitrogen and oxygen atoms in total. The highest BCUT2D eigenvalue weighted by Crippen LogP contribution is 2.38. The minimum absolute atomic E-state index is 0.101. The van der Waals surface area contributed by atoms with Crippen LogP contribution in [0.15, 0.2) is 25.0 Å². The van der Waals surface area contributed by atoms with E-state index in [-0.39, 0.29) is 11.1 Å². The fourth-order valence-electron chi connectivity index (χ4n) is 1.42. The molecule has 18 heavy (non-hydrogen) atoms. The van der Waals surface area contributed by atoms with Gasteiger partial charge in [-0.1, -0.05) is 33.8 Å². The fraction of sp³-hybridized carbons (Fsp3) is 0.733. The Bertz CT molecular complexity index is 277. The summed E-state index contributed by atoms with van der Waals surface area (Å²) in [6.07, 6.45) is 6.75. The van der Waals surface area contributed by atoms with Gasteiger partial charge < -0.3 is 9.16 Å². The molecule has 3 heteroatoms. The molecule has 2 atom stereocenters. The van der Waals surface area contributed by atoms with Crippen molar-refractivity contribution in [3.63, 3.8) is 0 Å². The first kappa shape index (κ1) is 17.5. The minimum atomic E-state index is -1.75. The Morgan fingerprint density at radius 2 is 1.83 bits per heavy atom. The number of hydrogen-bond acceptors (Lipinski definition) is 2. The van der Waals surface area contributed by atoms with Gasteiger partial charge in [0.05, 0.1) is 19.5 Å². The topological polar surface area (TPSA) is 18.5 Å². The van der Waals surface area contributed by atoms with Gasteiger partial charge >= 0.3 is 0 Å². The van der Waals surface area contributed by atoms with Crippen molar-refractivity contribution >= 4 is 8.32 Å². The maximum absolute atomic E-state index is 6.44. The lowest BCUT2D eigenvalue weighted by molar-refractivity contribution is 0.165. The molecule has 0 aromatic carbocycles. The van der Waals surface area contributed by atoms with Gasteiger partial charge in [-0.15, -0.1) is 6.58 Å². The maximum atomic E-state index is 6.44. The zero-order chi connectivity index (χ0) is 14.4. The summed E-state index contributed by atoms with van der Waals surface area (Å²) in [5, 5.41) is 0.222. The summed E-state index contributed by atoms with van der Waals surface area (Å²) in [7, 11) is -0.0861. The highest BCUT2D eigenvalue weighted by atomic mass is 28.4. The number of methoxy groups -OCH3 is 1. The van der Waals surface area contributed by atoms with Gasteiger partial charge in [-0.25, -0.2) is 0 Å². The van der Waals surface area contributed by atoms with Gasteiger partial charge in [-0.3, -0.25) is 0 Å². The zero-order valence-corrected chi connectivity index (χ0v) is 14.1. The van der Waals surface area contributed by atoms with Crippen LogP contribution >= 0.6 is 0 Å². The van der Waals surface area contributed by atoms with Crippen molar-refractivity contribution < 1.29 is 9.16 Å². The SMILES string of the molecule is C=CC[C@@H](C)[C@H](/C=C/OC)O[Si](C)(C)C(C)(C)C. The zero-order valence-electron chi connectivity index (χ0n) is 13.1. The second kappa shape index (κ2) is 7.15. The average Bonchev–Trinajstić information content (AvgIpc) is 2.22. The number of ether oxygens (including phenoxy) is 1.